The summed E-state index contributed by atoms with van der Waals surface area (Å²) in [5.74, 6) is -0.399. The van der Waals surface area contributed by atoms with E-state index in [0.717, 1.165) is 89.7 Å². The van der Waals surface area contributed by atoms with E-state index in [4.69, 9.17) is 35.7 Å². The van der Waals surface area contributed by atoms with Crippen LogP contribution in [-0.4, -0.2) is 56.4 Å². The number of carbonyl (C=O) groups excluding carboxylic acids is 3. The molecule has 28 heteroatoms. The maximum atomic E-state index is 13.3. The number of thiophene rings is 1. The van der Waals surface area contributed by atoms with Crippen LogP contribution in [0.25, 0.3) is 87.3 Å². The number of hydrogen-bond donors (Lipinski definition) is 1. The molecule has 5 aromatic heterocycles. The number of allylic oxidation sites excluding steroid dienone is 1. The van der Waals surface area contributed by atoms with Gasteiger partial charge in [0.1, 0.15) is 23.0 Å². The summed E-state index contributed by atoms with van der Waals surface area (Å²) in [6.07, 6.45) is -0.150. The van der Waals surface area contributed by atoms with Crippen molar-refractivity contribution in [3.05, 3.63) is 240 Å². The number of thiocarbonyl (C=S) groups is 1. The van der Waals surface area contributed by atoms with Crippen molar-refractivity contribution in [2.75, 3.05) is 0 Å². The third-order valence-corrected chi connectivity index (χ3v) is 14.0. The third kappa shape index (κ3) is 23.6. The molecule has 8 rings (SSSR count). The van der Waals surface area contributed by atoms with Gasteiger partial charge < -0.3 is 25.4 Å². The zero-order valence-corrected chi connectivity index (χ0v) is 52.4. The smallest absolute Gasteiger partial charge is 0.753 e. The van der Waals surface area contributed by atoms with Crippen LogP contribution in [0.1, 0.15) is 104 Å². The van der Waals surface area contributed by atoms with Crippen LogP contribution in [0, 0.1) is 5.41 Å². The Balaban J connectivity index is 0.000000426. The summed E-state index contributed by atoms with van der Waals surface area (Å²) < 4.78 is 172. The fraction of sp³-hybridized carbons (Fsp3) is 0.149. The summed E-state index contributed by atoms with van der Waals surface area (Å²) in [7, 11) is 0. The number of benzene rings is 3. The molecule has 8 aromatic rings. The third-order valence-electron chi connectivity index (χ3n) is 12.9. The van der Waals surface area contributed by atoms with E-state index in [9.17, 15) is 67.1 Å². The Hall–Kier alpha value is -9.88. The first-order chi connectivity index (χ1) is 44.6. The Kier molecular flexibility index (Phi) is 28.3. The van der Waals surface area contributed by atoms with E-state index in [0.29, 0.717) is 17.2 Å². The largest absolute Gasteiger partial charge is 2.00 e. The topological polar surface area (TPSA) is 200 Å². The van der Waals surface area contributed by atoms with Gasteiger partial charge in [-0.1, -0.05) is 80.9 Å². The van der Waals surface area contributed by atoms with Gasteiger partial charge >= 0.3 is 44.2 Å². The maximum Gasteiger partial charge on any atom is 2.00 e. The van der Waals surface area contributed by atoms with Crippen molar-refractivity contribution in [2.24, 2.45) is 0 Å². The van der Waals surface area contributed by atoms with Gasteiger partial charge in [0.15, 0.2) is 0 Å². The van der Waals surface area contributed by atoms with Gasteiger partial charge in [-0.25, -0.2) is 4.98 Å². The van der Waals surface area contributed by atoms with E-state index < -0.39 is 52.8 Å². The fourth-order valence-electron chi connectivity index (χ4n) is 8.41. The number of alkyl halides is 12. The molecule has 0 saturated heterocycles. The number of nitrogens with zero attached hydrogens (tertiary/aromatic N) is 5. The number of hydrogen-bond acceptors (Lipinski definition) is 13. The van der Waals surface area contributed by atoms with Gasteiger partial charge in [0.2, 0.25) is 0 Å². The molecular weight excluding hydrogens is 1390 g/mol. The minimum absolute atomic E-state index is 0. The molecule has 0 atom stereocenters. The number of aryl methyl sites for hydroxylation is 1. The van der Waals surface area contributed by atoms with E-state index in [-0.39, 0.29) is 107 Å². The second kappa shape index (κ2) is 35.4. The first-order valence-electron chi connectivity index (χ1n) is 27.4. The Morgan fingerprint density at radius 2 is 0.947 bits per heavy atom. The van der Waals surface area contributed by atoms with Crippen molar-refractivity contribution >= 4 is 107 Å². The fourth-order valence-corrected chi connectivity index (χ4v) is 9.37. The molecule has 0 bridgehead atoms. The molecule has 5 heterocycles. The molecule has 0 aliphatic heterocycles. The first kappa shape index (κ1) is 75.8. The van der Waals surface area contributed by atoms with Crippen molar-refractivity contribution in [1.29, 1.82) is 5.41 Å². The van der Waals surface area contributed by atoms with Gasteiger partial charge in [0, 0.05) is 50.7 Å². The maximum absolute atomic E-state index is 13.3. The summed E-state index contributed by atoms with van der Waals surface area (Å²) in [5.41, 5.74) is 5.66. The average Bonchev–Trinajstić information content (AvgIpc) is 1.29. The Bertz CT molecular complexity index is 3980. The molecule has 95 heavy (non-hydrogen) atoms. The standard InChI is InChI=1S/C45H26F9N3O6.C21H23F3N3S.CNS.Ru/c46-43(47,48)33-7-1-30(2-8-33)40(61-24-58)21-27-13-15-55-36(17-27)38-19-29(23-42(63-26-60)32-5-11-35(12-6-32)45(52,53)54)20-39(57-38)37-18-28(14-16-56-37)22-41(62-25-59)31-3-9-34(10-4-31)44(49,50)51;1-2-3-4-5-6-16-9-10-17(28-16)8-7-15-11-12-27-19(13-15)18(25)14-20(26)21(22,23)24;2-1-3;/h1-26H;7-14,25-26H,2-6H2,1H3;;/q;2*-1;+2/b40-21+,41-22+,42-23+;8-7+,18-14-,26-20?;;. The van der Waals surface area contributed by atoms with E-state index in [1.54, 1.807) is 17.4 Å². The van der Waals surface area contributed by atoms with Crippen LogP contribution in [0.4, 0.5) is 52.7 Å². The molecule has 0 aliphatic carbocycles. The Morgan fingerprint density at radius 3 is 1.35 bits per heavy atom. The zero-order chi connectivity index (χ0) is 68.6. The monoisotopic (exact) mass is 1440 g/mol. The van der Waals surface area contributed by atoms with Crippen LogP contribution in [-0.2, 0) is 73.0 Å². The molecule has 0 unspecified atom stereocenters. The first-order valence-corrected chi connectivity index (χ1v) is 28.7. The summed E-state index contributed by atoms with van der Waals surface area (Å²) in [6, 6.07) is 27.9. The Labute approximate surface area is 557 Å². The minimum Gasteiger partial charge on any atom is -0.753 e. The quantitative estimate of drug-likeness (QED) is 0.00933. The van der Waals surface area contributed by atoms with Crippen LogP contribution >= 0.6 is 23.6 Å². The number of unbranched alkanes of at least 4 members (excludes halogenated alkanes) is 3. The van der Waals surface area contributed by atoms with Crippen LogP contribution in [0.15, 0.2) is 158 Å². The molecular formula is C67H49F12N7O6RuS2. The predicted octanol–water partition coefficient (Wildman–Crippen LogP) is 19.3. The predicted molar refractivity (Wildman–Crippen MR) is 337 cm³/mol. The van der Waals surface area contributed by atoms with Gasteiger partial charge in [0.05, 0.1) is 39.5 Å². The molecule has 0 saturated carbocycles. The number of aromatic nitrogens is 4. The van der Waals surface area contributed by atoms with Crippen molar-refractivity contribution < 1.29 is 101 Å². The number of carbonyl (C=O) groups is 3. The summed E-state index contributed by atoms with van der Waals surface area (Å²) in [4.78, 5) is 54.3. The molecule has 0 radical (unpaired) electrons. The number of nitrogens with one attached hydrogen (secondary N) is 2. The summed E-state index contributed by atoms with van der Waals surface area (Å²) >= 11 is 5.43. The van der Waals surface area contributed by atoms with Crippen LogP contribution < -0.4 is 0 Å². The van der Waals surface area contributed by atoms with Gasteiger partial charge in [0.25, 0.3) is 19.4 Å². The number of pyridine rings is 4. The SMILES string of the molecule is CCCCCCc1ccc(/C=C/c2ccnc(/C([NH-])=C/C(=N)C(F)(F)F)c2)s1.O=CO/C(=C/c1ccnc(-c2cc(/C=C(/OC=O)c3ccc(C(F)(F)F)cc3)cc(-c3cc(/C=C(/OC=O)c4ccc(C(F)(F)F)cc4)ccn3)n2)c1)c1ccc(C(F)(F)F)cc1.[N-]=C=S.[Ru+2]. The van der Waals surface area contributed by atoms with E-state index >= 15 is 0 Å². The van der Waals surface area contributed by atoms with Gasteiger partial charge in [-0.2, -0.15) is 57.8 Å². The van der Waals surface area contributed by atoms with Crippen LogP contribution in [0.5, 0.6) is 0 Å². The van der Waals surface area contributed by atoms with E-state index in [1.165, 1.54) is 115 Å². The van der Waals surface area contributed by atoms with Crippen molar-refractivity contribution in [2.45, 2.75) is 63.7 Å². The normalized spacial score (nSPS) is 12.2. The van der Waals surface area contributed by atoms with Crippen molar-refractivity contribution in [3.8, 4) is 22.8 Å². The molecule has 2 N–H and O–H groups in total. The number of isothiocyanates is 1. The molecule has 3 aromatic carbocycles. The molecule has 492 valence electrons. The van der Waals surface area contributed by atoms with Crippen molar-refractivity contribution in [1.82, 2.24) is 19.9 Å². The second-order valence-corrected chi connectivity index (χ2v) is 20.9. The van der Waals surface area contributed by atoms with Crippen LogP contribution in [0.3, 0.4) is 0 Å². The number of ether oxygens (including phenoxy) is 3. The zero-order valence-electron chi connectivity index (χ0n) is 49.1. The minimum atomic E-state index is -4.77. The van der Waals surface area contributed by atoms with E-state index in [1.807, 2.05) is 12.2 Å². The van der Waals surface area contributed by atoms with Gasteiger partial charge in [-0.3, -0.25) is 34.7 Å². The number of rotatable bonds is 23. The van der Waals surface area contributed by atoms with Gasteiger partial charge in [-0.15, -0.1) is 17.0 Å². The molecule has 0 amide bonds. The molecule has 0 aliphatic rings. The van der Waals surface area contributed by atoms with Crippen LogP contribution in [0.2, 0.25) is 0 Å². The molecule has 0 spiro atoms. The van der Waals surface area contributed by atoms with Gasteiger partial charge in [-0.05, 0) is 163 Å². The average molecular weight is 1440 g/mol. The van der Waals surface area contributed by atoms with E-state index in [2.05, 4.69) is 46.2 Å². The molecule has 13 nitrogen and oxygen atoms in total. The number of halogens is 12. The molecule has 0 fully saturated rings. The summed E-state index contributed by atoms with van der Waals surface area (Å²) in [5, 5.41) is 15.4. The Morgan fingerprint density at radius 1 is 0.547 bits per heavy atom. The van der Waals surface area contributed by atoms with Crippen molar-refractivity contribution in [3.63, 3.8) is 0 Å². The second-order valence-electron chi connectivity index (χ2n) is 19.5. The summed E-state index contributed by atoms with van der Waals surface area (Å²) in [6.45, 7) is 2.46.